The molecule has 16 heteroatoms. The largest absolute Gasteiger partial charge is 0.481 e. The molecule has 2 unspecified atom stereocenters. The molecule has 0 spiro atoms. The topological polar surface area (TPSA) is 316 Å². The molecule has 0 rings (SSSR count). The van der Waals surface area contributed by atoms with Crippen LogP contribution in [-0.2, 0) is 28.8 Å². The summed E-state index contributed by atoms with van der Waals surface area (Å²) in [5.74, 6) is -11.8. The minimum atomic E-state index is -3.78. The average molecular weight is 468 g/mol. The zero-order valence-corrected chi connectivity index (χ0v) is 16.4. The Morgan fingerprint density at radius 3 is 1.03 bits per heavy atom. The highest BCUT2D eigenvalue weighted by atomic mass is 16.4. The molecule has 0 saturated heterocycles. The van der Waals surface area contributed by atoms with Gasteiger partial charge in [0.25, 0.3) is 0 Å². The van der Waals surface area contributed by atoms with Crippen LogP contribution in [0.3, 0.4) is 0 Å². The van der Waals surface area contributed by atoms with Crippen LogP contribution in [0.2, 0.25) is 0 Å². The smallest absolute Gasteiger partial charge is 0.306 e. The summed E-state index contributed by atoms with van der Waals surface area (Å²) < 4.78 is 0. The van der Waals surface area contributed by atoms with Gasteiger partial charge in [-0.3, -0.25) is 28.8 Å². The van der Waals surface area contributed by atoms with Crippen molar-refractivity contribution in [2.45, 2.75) is 60.8 Å². The van der Waals surface area contributed by atoms with Gasteiger partial charge in [0.1, 0.15) is 11.2 Å². The van der Waals surface area contributed by atoms with Crippen molar-refractivity contribution in [2.24, 2.45) is 11.5 Å². The number of nitrogens with two attached hydrogens (primary N) is 2. The van der Waals surface area contributed by atoms with Crippen LogP contribution in [0.15, 0.2) is 0 Å². The summed E-state index contributed by atoms with van der Waals surface area (Å²) in [6.07, 6.45) is -9.93. The average Bonchev–Trinajstić information content (AvgIpc) is 2.49. The lowest BCUT2D eigenvalue weighted by molar-refractivity contribution is -0.225. The van der Waals surface area contributed by atoms with Crippen molar-refractivity contribution in [3.63, 3.8) is 0 Å². The third-order valence-electron chi connectivity index (χ3n) is 5.05. The first kappa shape index (κ1) is 28.7. The van der Waals surface area contributed by atoms with E-state index in [-0.39, 0.29) is 0 Å². The number of carboxylic acids is 6. The molecular formula is C16H24N2O14. The van der Waals surface area contributed by atoms with Crippen molar-refractivity contribution in [3.05, 3.63) is 0 Å². The first-order chi connectivity index (χ1) is 14.2. The van der Waals surface area contributed by atoms with Gasteiger partial charge in [-0.15, -0.1) is 0 Å². The quantitative estimate of drug-likeness (QED) is 0.112. The van der Waals surface area contributed by atoms with Crippen LogP contribution < -0.4 is 11.5 Å². The molecule has 0 aliphatic carbocycles. The molecule has 182 valence electrons. The molecule has 2 atom stereocenters. The highest BCUT2D eigenvalue weighted by Gasteiger charge is 2.69. The van der Waals surface area contributed by atoms with Gasteiger partial charge in [-0.1, -0.05) is 0 Å². The minimum absolute atomic E-state index is 1.50. The van der Waals surface area contributed by atoms with Crippen molar-refractivity contribution in [3.8, 4) is 0 Å². The molecule has 0 aromatic rings. The lowest BCUT2D eigenvalue weighted by Gasteiger charge is -2.57. The van der Waals surface area contributed by atoms with E-state index in [1.165, 1.54) is 0 Å². The van der Waals surface area contributed by atoms with Crippen molar-refractivity contribution < 1.29 is 69.6 Å². The fraction of sp³-hybridized carbons (Fsp3) is 0.625. The molecule has 32 heavy (non-hydrogen) atoms. The lowest BCUT2D eigenvalue weighted by Crippen LogP contribution is -2.83. The number of rotatable bonds is 15. The maximum Gasteiger partial charge on any atom is 0.306 e. The van der Waals surface area contributed by atoms with Crippen LogP contribution in [0.25, 0.3) is 0 Å². The van der Waals surface area contributed by atoms with Gasteiger partial charge in [0, 0.05) is 0 Å². The van der Waals surface area contributed by atoms with E-state index in [2.05, 4.69) is 0 Å². The highest BCUT2D eigenvalue weighted by molar-refractivity contribution is 5.79. The summed E-state index contributed by atoms with van der Waals surface area (Å²) in [5, 5.41) is 77.4. The minimum Gasteiger partial charge on any atom is -0.481 e. The Labute approximate surface area is 178 Å². The maximum atomic E-state index is 11.5. The van der Waals surface area contributed by atoms with E-state index in [1.807, 2.05) is 0 Å². The van der Waals surface area contributed by atoms with Gasteiger partial charge in [0.05, 0.1) is 49.6 Å². The number of aliphatic hydroxyl groups is 2. The van der Waals surface area contributed by atoms with Crippen molar-refractivity contribution >= 4 is 35.8 Å². The van der Waals surface area contributed by atoms with Gasteiger partial charge in [0.15, 0.2) is 0 Å². The number of hydrogen-bond donors (Lipinski definition) is 10. The summed E-state index contributed by atoms with van der Waals surface area (Å²) in [6, 6.07) is 0. The van der Waals surface area contributed by atoms with Gasteiger partial charge < -0.3 is 52.3 Å². The molecule has 0 aromatic carbocycles. The highest BCUT2D eigenvalue weighted by Crippen LogP contribution is 2.47. The van der Waals surface area contributed by atoms with Crippen LogP contribution in [0.4, 0.5) is 0 Å². The van der Waals surface area contributed by atoms with Crippen LogP contribution in [-0.4, -0.2) is 98.9 Å². The van der Waals surface area contributed by atoms with E-state index in [0.29, 0.717) is 0 Å². The first-order valence-corrected chi connectivity index (χ1v) is 8.58. The van der Waals surface area contributed by atoms with Crippen molar-refractivity contribution in [2.75, 3.05) is 0 Å². The second-order valence-electron chi connectivity index (χ2n) is 7.44. The van der Waals surface area contributed by atoms with Crippen molar-refractivity contribution in [1.82, 2.24) is 0 Å². The van der Waals surface area contributed by atoms with E-state index in [9.17, 15) is 59.4 Å². The zero-order valence-electron chi connectivity index (χ0n) is 16.4. The fourth-order valence-electron chi connectivity index (χ4n) is 3.70. The normalized spacial score (nSPS) is 15.8. The van der Waals surface area contributed by atoms with Gasteiger partial charge in [-0.05, 0) is 0 Å². The molecule has 0 saturated carbocycles. The van der Waals surface area contributed by atoms with Crippen LogP contribution in [0.5, 0.6) is 0 Å². The molecular weight excluding hydrogens is 444 g/mol. The molecule has 0 fully saturated rings. The van der Waals surface area contributed by atoms with Crippen LogP contribution >= 0.6 is 0 Å². The van der Waals surface area contributed by atoms with Crippen LogP contribution in [0, 0.1) is 0 Å². The number of hydrogen-bond acceptors (Lipinski definition) is 10. The molecule has 0 aliphatic heterocycles. The maximum absolute atomic E-state index is 11.5. The monoisotopic (exact) mass is 468 g/mol. The van der Waals surface area contributed by atoms with E-state index >= 15 is 0 Å². The van der Waals surface area contributed by atoms with Gasteiger partial charge in [-0.25, -0.2) is 0 Å². The second-order valence-corrected chi connectivity index (χ2v) is 7.44. The van der Waals surface area contributed by atoms with E-state index in [1.54, 1.807) is 0 Å². The third kappa shape index (κ3) is 6.10. The molecule has 12 N–H and O–H groups in total. The van der Waals surface area contributed by atoms with E-state index < -0.39 is 96.6 Å². The SMILES string of the molecule is NC(CC(=O)O)(CC(=O)O)C(N)(CC(=O)O)C(O)(CC(=O)O)C(O)(CC(=O)O)CC(=O)O. The Balaban J connectivity index is 7.50. The Morgan fingerprint density at radius 1 is 0.500 bits per heavy atom. The second kappa shape index (κ2) is 9.86. The third-order valence-corrected chi connectivity index (χ3v) is 5.05. The summed E-state index contributed by atoms with van der Waals surface area (Å²) in [5.41, 5.74) is -1.97. The standard InChI is InChI=1S/C16H24N2O14/c17-13(1-7(19)20,2-8(21)22)15(18,5-11(27)28)16(32,6-12(29)30)14(31,3-9(23)24)4-10(25)26/h31-32H,1-6,17-18H2,(H,19,20)(H,21,22)(H,23,24)(H,25,26)(H,27,28)(H,29,30). The number of carboxylic acid groups (broad SMARTS) is 6. The molecule has 0 aromatic heterocycles. The summed E-state index contributed by atoms with van der Waals surface area (Å²) in [6.45, 7) is 0. The van der Waals surface area contributed by atoms with Crippen molar-refractivity contribution in [1.29, 1.82) is 0 Å². The van der Waals surface area contributed by atoms with E-state index in [4.69, 9.17) is 21.7 Å². The molecule has 0 bridgehead atoms. The molecule has 0 amide bonds. The zero-order chi connectivity index (χ0) is 25.7. The van der Waals surface area contributed by atoms with Crippen LogP contribution in [0.1, 0.15) is 38.5 Å². The number of carbonyl (C=O) groups is 6. The summed E-state index contributed by atoms with van der Waals surface area (Å²) in [7, 11) is 0. The Bertz CT molecular complexity index is 713. The van der Waals surface area contributed by atoms with E-state index in [0.717, 1.165) is 0 Å². The summed E-state index contributed by atoms with van der Waals surface area (Å²) >= 11 is 0. The predicted molar refractivity (Wildman–Crippen MR) is 97.3 cm³/mol. The molecule has 0 heterocycles. The molecule has 0 radical (unpaired) electrons. The Hall–Kier alpha value is -3.34. The Kier molecular flexibility index (Phi) is 8.83. The predicted octanol–water partition coefficient (Wildman–Crippen LogP) is -3.31. The molecule has 0 aliphatic rings. The number of aliphatic carboxylic acids is 6. The summed E-state index contributed by atoms with van der Waals surface area (Å²) in [4.78, 5) is 68.3. The first-order valence-electron chi connectivity index (χ1n) is 8.58. The lowest BCUT2D eigenvalue weighted by atomic mass is 9.55. The molecule has 16 nitrogen and oxygen atoms in total. The van der Waals surface area contributed by atoms with Gasteiger partial charge in [0.2, 0.25) is 0 Å². The van der Waals surface area contributed by atoms with Gasteiger partial charge >= 0.3 is 35.8 Å². The Morgan fingerprint density at radius 2 is 0.781 bits per heavy atom. The fourth-order valence-corrected chi connectivity index (χ4v) is 3.70. The van der Waals surface area contributed by atoms with Gasteiger partial charge in [-0.2, -0.15) is 0 Å².